The Labute approximate surface area is 189 Å². The van der Waals surface area contributed by atoms with Crippen LogP contribution in [-0.2, 0) is 4.74 Å². The number of ether oxygens (including phenoxy) is 2. The minimum Gasteiger partial charge on any atom is -0.492 e. The molecule has 0 unspecified atom stereocenters. The van der Waals surface area contributed by atoms with Crippen LogP contribution in [0.4, 0.5) is 8.78 Å². The molecule has 1 aromatic heterocycles. The molecule has 2 aliphatic rings. The molecule has 5 rings (SSSR count). The number of benzene rings is 2. The fraction of sp³-hybridized carbons (Fsp3) is 0.240. The third-order valence-corrected chi connectivity index (χ3v) is 5.76. The summed E-state index contributed by atoms with van der Waals surface area (Å²) in [7, 11) is 0. The van der Waals surface area contributed by atoms with Crippen molar-refractivity contribution in [2.24, 2.45) is 0 Å². The van der Waals surface area contributed by atoms with E-state index in [9.17, 15) is 13.6 Å². The van der Waals surface area contributed by atoms with Crippen LogP contribution in [0.25, 0.3) is 11.1 Å². The molecule has 0 amide bonds. The standard InChI is InChI=1S/C25H21F2N3O3/c26-18-9-16(10-19(27)11-18)23-21-2-1-20(33-8-5-30-3-6-32-7-4-30)12-22(21)25(31)24(23)17-13-28-15-29-14-17/h1-2,9-15H,3-8H2. The zero-order valence-electron chi connectivity index (χ0n) is 17.8. The van der Waals surface area contributed by atoms with Crippen LogP contribution in [0.15, 0.2) is 55.1 Å². The van der Waals surface area contributed by atoms with E-state index in [-0.39, 0.29) is 11.3 Å². The van der Waals surface area contributed by atoms with Crippen LogP contribution < -0.4 is 4.74 Å². The smallest absolute Gasteiger partial charge is 0.195 e. The van der Waals surface area contributed by atoms with E-state index in [1.807, 2.05) is 0 Å². The van der Waals surface area contributed by atoms with Crippen LogP contribution in [0.1, 0.15) is 27.0 Å². The van der Waals surface area contributed by atoms with Crippen LogP contribution in [0.2, 0.25) is 0 Å². The predicted molar refractivity (Wildman–Crippen MR) is 118 cm³/mol. The molecule has 0 saturated carbocycles. The molecule has 1 aliphatic heterocycles. The van der Waals surface area contributed by atoms with Crippen molar-refractivity contribution < 1.29 is 23.0 Å². The van der Waals surface area contributed by atoms with E-state index in [0.29, 0.717) is 53.4 Å². The minimum atomic E-state index is -0.717. The van der Waals surface area contributed by atoms with E-state index in [1.54, 1.807) is 18.2 Å². The summed E-state index contributed by atoms with van der Waals surface area (Å²) in [5.41, 5.74) is 2.51. The summed E-state index contributed by atoms with van der Waals surface area (Å²) in [5.74, 6) is -1.14. The molecule has 1 fully saturated rings. The zero-order chi connectivity index (χ0) is 22.8. The molecule has 0 N–H and O–H groups in total. The number of rotatable bonds is 6. The molecule has 0 bridgehead atoms. The van der Waals surface area contributed by atoms with Gasteiger partial charge in [0.15, 0.2) is 5.78 Å². The first kappa shape index (κ1) is 21.4. The molecule has 1 aliphatic carbocycles. The number of fused-ring (bicyclic) bond motifs is 1. The Kier molecular flexibility index (Phi) is 5.93. The van der Waals surface area contributed by atoms with E-state index in [1.165, 1.54) is 30.9 Å². The van der Waals surface area contributed by atoms with Crippen molar-refractivity contribution in [1.82, 2.24) is 14.9 Å². The van der Waals surface area contributed by atoms with Crippen molar-refractivity contribution >= 4 is 16.9 Å². The lowest BCUT2D eigenvalue weighted by molar-refractivity contribution is 0.0322. The number of allylic oxidation sites excluding steroid dienone is 1. The van der Waals surface area contributed by atoms with Crippen LogP contribution in [-0.4, -0.2) is 60.1 Å². The summed E-state index contributed by atoms with van der Waals surface area (Å²) in [5, 5.41) is 0. The number of Topliss-reactive ketones (excluding diaryl/α,β-unsaturated/α-hetero) is 1. The van der Waals surface area contributed by atoms with Gasteiger partial charge in [0.05, 0.1) is 13.2 Å². The molecule has 3 aromatic rings. The lowest BCUT2D eigenvalue weighted by Crippen LogP contribution is -2.38. The van der Waals surface area contributed by atoms with Gasteiger partial charge in [-0.1, -0.05) is 0 Å². The van der Waals surface area contributed by atoms with E-state index in [2.05, 4.69) is 14.9 Å². The number of halogens is 2. The molecule has 33 heavy (non-hydrogen) atoms. The fourth-order valence-electron chi connectivity index (χ4n) is 4.22. The van der Waals surface area contributed by atoms with Crippen molar-refractivity contribution in [3.63, 3.8) is 0 Å². The summed E-state index contributed by atoms with van der Waals surface area (Å²) in [4.78, 5) is 23.7. The molecule has 2 heterocycles. The van der Waals surface area contributed by atoms with Gasteiger partial charge in [0, 0.05) is 60.4 Å². The van der Waals surface area contributed by atoms with Gasteiger partial charge in [0.25, 0.3) is 0 Å². The van der Waals surface area contributed by atoms with Gasteiger partial charge in [-0.2, -0.15) is 0 Å². The van der Waals surface area contributed by atoms with Crippen LogP contribution in [0.3, 0.4) is 0 Å². The van der Waals surface area contributed by atoms with E-state index >= 15 is 0 Å². The molecular formula is C25H21F2N3O3. The molecule has 8 heteroatoms. The highest BCUT2D eigenvalue weighted by Crippen LogP contribution is 2.43. The monoisotopic (exact) mass is 449 g/mol. The van der Waals surface area contributed by atoms with Crippen LogP contribution in [0, 0.1) is 11.6 Å². The third kappa shape index (κ3) is 4.40. The van der Waals surface area contributed by atoms with E-state index in [4.69, 9.17) is 9.47 Å². The van der Waals surface area contributed by atoms with Crippen molar-refractivity contribution in [2.45, 2.75) is 0 Å². The number of carbonyl (C=O) groups is 1. The van der Waals surface area contributed by atoms with Gasteiger partial charge < -0.3 is 9.47 Å². The average Bonchev–Trinajstić information content (AvgIpc) is 3.12. The molecule has 0 spiro atoms. The third-order valence-electron chi connectivity index (χ3n) is 5.76. The molecule has 2 aromatic carbocycles. The highest BCUT2D eigenvalue weighted by atomic mass is 19.1. The Morgan fingerprint density at radius 3 is 2.36 bits per heavy atom. The number of nitrogens with zero attached hydrogens (tertiary/aromatic N) is 3. The van der Waals surface area contributed by atoms with Gasteiger partial charge in [-0.25, -0.2) is 18.7 Å². The maximum absolute atomic E-state index is 14.0. The van der Waals surface area contributed by atoms with Gasteiger partial charge in [-0.05, 0) is 41.5 Å². The predicted octanol–water partition coefficient (Wildman–Crippen LogP) is 3.62. The van der Waals surface area contributed by atoms with Gasteiger partial charge in [0.1, 0.15) is 30.3 Å². The van der Waals surface area contributed by atoms with E-state index in [0.717, 1.165) is 25.7 Å². The highest BCUT2D eigenvalue weighted by Gasteiger charge is 2.32. The summed E-state index contributed by atoms with van der Waals surface area (Å²) < 4.78 is 39.3. The Morgan fingerprint density at radius 2 is 1.64 bits per heavy atom. The summed E-state index contributed by atoms with van der Waals surface area (Å²) in [6.07, 6.45) is 4.39. The second-order valence-corrected chi connectivity index (χ2v) is 7.87. The zero-order valence-corrected chi connectivity index (χ0v) is 17.8. The number of hydrogen-bond acceptors (Lipinski definition) is 6. The summed E-state index contributed by atoms with van der Waals surface area (Å²) in [6, 6.07) is 8.45. The Hall–Kier alpha value is -3.49. The first-order valence-corrected chi connectivity index (χ1v) is 10.7. The number of hydrogen-bond donors (Lipinski definition) is 0. The molecule has 1 saturated heterocycles. The maximum Gasteiger partial charge on any atom is 0.195 e. The number of carbonyl (C=O) groups excluding carboxylic acids is 1. The Bertz CT molecular complexity index is 1200. The molecular weight excluding hydrogens is 428 g/mol. The first-order valence-electron chi connectivity index (χ1n) is 10.7. The summed E-state index contributed by atoms with van der Waals surface area (Å²) >= 11 is 0. The normalized spacial score (nSPS) is 16.2. The van der Waals surface area contributed by atoms with Gasteiger partial charge in [-0.3, -0.25) is 9.69 Å². The number of ketones is 1. The van der Waals surface area contributed by atoms with E-state index < -0.39 is 11.6 Å². The SMILES string of the molecule is O=C1C(c2cncnc2)=C(c2cc(F)cc(F)c2)c2ccc(OCCN3CCOCC3)cc21. The Morgan fingerprint density at radius 1 is 0.909 bits per heavy atom. The van der Waals surface area contributed by atoms with Gasteiger partial charge >= 0.3 is 0 Å². The largest absolute Gasteiger partial charge is 0.492 e. The molecule has 168 valence electrons. The maximum atomic E-state index is 14.0. The topological polar surface area (TPSA) is 64.5 Å². The first-order chi connectivity index (χ1) is 16.1. The number of aromatic nitrogens is 2. The Balaban J connectivity index is 1.48. The van der Waals surface area contributed by atoms with Crippen LogP contribution >= 0.6 is 0 Å². The minimum absolute atomic E-state index is 0.266. The molecule has 6 nitrogen and oxygen atoms in total. The lowest BCUT2D eigenvalue weighted by atomic mass is 9.95. The molecule has 0 atom stereocenters. The van der Waals surface area contributed by atoms with Crippen molar-refractivity contribution in [3.8, 4) is 5.75 Å². The second-order valence-electron chi connectivity index (χ2n) is 7.87. The van der Waals surface area contributed by atoms with Crippen molar-refractivity contribution in [3.05, 3.63) is 89.0 Å². The van der Waals surface area contributed by atoms with Crippen molar-refractivity contribution in [1.29, 1.82) is 0 Å². The van der Waals surface area contributed by atoms with Crippen molar-refractivity contribution in [2.75, 3.05) is 39.5 Å². The highest BCUT2D eigenvalue weighted by molar-refractivity contribution is 6.41. The quantitative estimate of drug-likeness (QED) is 0.573. The van der Waals surface area contributed by atoms with Crippen LogP contribution in [0.5, 0.6) is 5.75 Å². The van der Waals surface area contributed by atoms with Gasteiger partial charge in [0.2, 0.25) is 0 Å². The fourth-order valence-corrected chi connectivity index (χ4v) is 4.22. The average molecular weight is 449 g/mol. The summed E-state index contributed by atoms with van der Waals surface area (Å²) in [6.45, 7) is 4.40. The number of morpholine rings is 1. The van der Waals surface area contributed by atoms with Gasteiger partial charge in [-0.15, -0.1) is 0 Å². The molecule has 0 radical (unpaired) electrons. The lowest BCUT2D eigenvalue weighted by Gasteiger charge is -2.26. The second kappa shape index (κ2) is 9.17.